The van der Waals surface area contributed by atoms with E-state index in [4.69, 9.17) is 0 Å². The summed E-state index contributed by atoms with van der Waals surface area (Å²) in [4.78, 5) is 23.0. The Morgan fingerprint density at radius 1 is 1.55 bits per heavy atom. The maximum atomic E-state index is 11.1. The smallest absolute Gasteiger partial charge is 0.404 e. The number of hydrogen-bond donors (Lipinski definition) is 0. The van der Waals surface area contributed by atoms with Crippen molar-refractivity contribution in [1.29, 1.82) is 0 Å². The summed E-state index contributed by atoms with van der Waals surface area (Å²) in [7, 11) is 0. The first-order valence-corrected chi connectivity index (χ1v) is 3.40. The van der Waals surface area contributed by atoms with Gasteiger partial charge in [-0.1, -0.05) is 0 Å². The van der Waals surface area contributed by atoms with Crippen molar-refractivity contribution in [3.63, 3.8) is 0 Å². The zero-order chi connectivity index (χ0) is 8.43. The van der Waals surface area contributed by atoms with Crippen molar-refractivity contribution in [2.24, 2.45) is 0 Å². The predicted molar refractivity (Wildman–Crippen MR) is 37.6 cm³/mol. The normalized spacial score (nSPS) is 21.3. The molecular weight excluding hydrogens is 146 g/mol. The SMILES string of the molecule is C/C=C1\OC(=O)N(CC)C1=O. The summed E-state index contributed by atoms with van der Waals surface area (Å²) in [6, 6.07) is 0. The Morgan fingerprint density at radius 3 is 2.45 bits per heavy atom. The lowest BCUT2D eigenvalue weighted by atomic mass is 10.4. The predicted octanol–water partition coefficient (Wildman–Crippen LogP) is 0.889. The third kappa shape index (κ3) is 1.11. The zero-order valence-corrected chi connectivity index (χ0v) is 6.46. The summed E-state index contributed by atoms with van der Waals surface area (Å²) in [6.07, 6.45) is 0.904. The molecule has 0 N–H and O–H groups in total. The fourth-order valence-electron chi connectivity index (χ4n) is 0.864. The molecule has 1 heterocycles. The van der Waals surface area contributed by atoms with E-state index in [9.17, 15) is 9.59 Å². The van der Waals surface area contributed by atoms with Crippen molar-refractivity contribution in [2.45, 2.75) is 13.8 Å². The third-order valence-corrected chi connectivity index (χ3v) is 1.45. The molecule has 0 bridgehead atoms. The summed E-state index contributed by atoms with van der Waals surface area (Å²) in [5.74, 6) is -0.225. The van der Waals surface area contributed by atoms with E-state index in [1.165, 1.54) is 6.08 Å². The molecule has 2 amide bonds. The van der Waals surface area contributed by atoms with Crippen LogP contribution in [0.1, 0.15) is 13.8 Å². The Morgan fingerprint density at radius 2 is 2.18 bits per heavy atom. The molecule has 4 nitrogen and oxygen atoms in total. The fraction of sp³-hybridized carbons (Fsp3) is 0.429. The molecule has 4 heteroatoms. The number of likely N-dealkylation sites (N-methyl/N-ethyl adjacent to an activating group) is 1. The van der Waals surface area contributed by atoms with Gasteiger partial charge in [0.05, 0.1) is 0 Å². The average molecular weight is 155 g/mol. The Hall–Kier alpha value is -1.32. The Bertz CT molecular complexity index is 232. The lowest BCUT2D eigenvalue weighted by Crippen LogP contribution is -2.28. The highest BCUT2D eigenvalue weighted by Gasteiger charge is 2.34. The van der Waals surface area contributed by atoms with Crippen molar-refractivity contribution in [1.82, 2.24) is 4.90 Å². The van der Waals surface area contributed by atoms with Crippen molar-refractivity contribution < 1.29 is 14.3 Å². The van der Waals surface area contributed by atoms with Gasteiger partial charge in [-0.3, -0.25) is 4.79 Å². The minimum Gasteiger partial charge on any atom is -0.404 e. The van der Waals surface area contributed by atoms with Gasteiger partial charge in [0.1, 0.15) is 0 Å². The van der Waals surface area contributed by atoms with Gasteiger partial charge < -0.3 is 4.74 Å². The van der Waals surface area contributed by atoms with Gasteiger partial charge in [0.25, 0.3) is 5.91 Å². The molecule has 1 aliphatic heterocycles. The quantitative estimate of drug-likeness (QED) is 0.528. The van der Waals surface area contributed by atoms with Crippen LogP contribution in [0.15, 0.2) is 11.8 Å². The van der Waals surface area contributed by atoms with Crippen LogP contribution in [0.5, 0.6) is 0 Å². The lowest BCUT2D eigenvalue weighted by molar-refractivity contribution is -0.123. The molecule has 0 saturated carbocycles. The van der Waals surface area contributed by atoms with E-state index in [0.29, 0.717) is 6.54 Å². The summed E-state index contributed by atoms with van der Waals surface area (Å²) in [6.45, 7) is 3.73. The molecule has 0 atom stereocenters. The number of imide groups is 1. The molecule has 60 valence electrons. The number of hydrogen-bond acceptors (Lipinski definition) is 3. The van der Waals surface area contributed by atoms with Crippen LogP contribution in [0.25, 0.3) is 0 Å². The van der Waals surface area contributed by atoms with Crippen LogP contribution in [0.4, 0.5) is 4.79 Å². The lowest BCUT2D eigenvalue weighted by Gasteiger charge is -2.03. The second kappa shape index (κ2) is 2.74. The highest BCUT2D eigenvalue weighted by molar-refractivity contribution is 6.07. The molecule has 0 aromatic heterocycles. The monoisotopic (exact) mass is 155 g/mol. The van der Waals surface area contributed by atoms with Gasteiger partial charge in [0.2, 0.25) is 0 Å². The standard InChI is InChI=1S/C7H9NO3/c1-3-5-6(9)8(4-2)7(10)11-5/h3H,4H2,1-2H3/b5-3-. The van der Waals surface area contributed by atoms with Crippen molar-refractivity contribution in [2.75, 3.05) is 6.54 Å². The third-order valence-electron chi connectivity index (χ3n) is 1.45. The maximum Gasteiger partial charge on any atom is 0.422 e. The molecule has 11 heavy (non-hydrogen) atoms. The number of carbonyl (C=O) groups excluding carboxylic acids is 2. The first kappa shape index (κ1) is 7.78. The molecule has 0 unspecified atom stereocenters. The van der Waals surface area contributed by atoms with Gasteiger partial charge >= 0.3 is 6.09 Å². The average Bonchev–Trinajstić information content (AvgIpc) is 2.26. The number of carbonyl (C=O) groups is 2. The second-order valence-corrected chi connectivity index (χ2v) is 2.07. The van der Waals surface area contributed by atoms with Crippen molar-refractivity contribution in [3.8, 4) is 0 Å². The molecule has 1 fully saturated rings. The molecule has 0 aromatic rings. The molecule has 1 rings (SSSR count). The number of allylic oxidation sites excluding steroid dienone is 1. The van der Waals surface area contributed by atoms with Gasteiger partial charge in [0, 0.05) is 6.54 Å². The minimum absolute atomic E-state index is 0.122. The van der Waals surface area contributed by atoms with Gasteiger partial charge in [-0.25, -0.2) is 9.69 Å². The van der Waals surface area contributed by atoms with Gasteiger partial charge in [0.15, 0.2) is 5.76 Å². The number of amides is 2. The topological polar surface area (TPSA) is 46.6 Å². The van der Waals surface area contributed by atoms with E-state index in [0.717, 1.165) is 4.90 Å². The number of ether oxygens (including phenoxy) is 1. The van der Waals surface area contributed by atoms with Crippen LogP contribution in [-0.2, 0) is 9.53 Å². The Kier molecular flexibility index (Phi) is 1.94. The van der Waals surface area contributed by atoms with Gasteiger partial charge in [-0.05, 0) is 19.9 Å². The molecule has 0 aliphatic carbocycles. The van der Waals surface area contributed by atoms with E-state index >= 15 is 0 Å². The zero-order valence-electron chi connectivity index (χ0n) is 6.46. The molecular formula is C7H9NO3. The summed E-state index contributed by atoms with van der Waals surface area (Å²) < 4.78 is 4.62. The number of rotatable bonds is 1. The highest BCUT2D eigenvalue weighted by Crippen LogP contribution is 2.14. The van der Waals surface area contributed by atoms with Crippen molar-refractivity contribution >= 4 is 12.0 Å². The molecule has 1 aliphatic rings. The highest BCUT2D eigenvalue weighted by atomic mass is 16.6. The van der Waals surface area contributed by atoms with E-state index in [1.807, 2.05) is 0 Å². The van der Waals surface area contributed by atoms with Crippen LogP contribution >= 0.6 is 0 Å². The molecule has 0 radical (unpaired) electrons. The van der Waals surface area contributed by atoms with Crippen LogP contribution in [-0.4, -0.2) is 23.4 Å². The summed E-state index contributed by atoms with van der Waals surface area (Å²) >= 11 is 0. The Labute approximate surface area is 64.4 Å². The van der Waals surface area contributed by atoms with Gasteiger partial charge in [-0.15, -0.1) is 0 Å². The largest absolute Gasteiger partial charge is 0.422 e. The van der Waals surface area contributed by atoms with Crippen LogP contribution in [0, 0.1) is 0 Å². The summed E-state index contributed by atoms with van der Waals surface area (Å²) in [5, 5.41) is 0. The number of cyclic esters (lactones) is 1. The summed E-state index contributed by atoms with van der Waals surface area (Å²) in [5.41, 5.74) is 0. The first-order chi connectivity index (χ1) is 5.20. The van der Waals surface area contributed by atoms with Crippen LogP contribution < -0.4 is 0 Å². The van der Waals surface area contributed by atoms with E-state index < -0.39 is 6.09 Å². The van der Waals surface area contributed by atoms with E-state index in [2.05, 4.69) is 4.74 Å². The van der Waals surface area contributed by atoms with Crippen LogP contribution in [0.2, 0.25) is 0 Å². The minimum atomic E-state index is -0.578. The Balaban J connectivity index is 2.88. The van der Waals surface area contributed by atoms with Gasteiger partial charge in [-0.2, -0.15) is 0 Å². The molecule has 1 saturated heterocycles. The second-order valence-electron chi connectivity index (χ2n) is 2.07. The fourth-order valence-corrected chi connectivity index (χ4v) is 0.864. The van der Waals surface area contributed by atoms with E-state index in [-0.39, 0.29) is 11.7 Å². The van der Waals surface area contributed by atoms with E-state index in [1.54, 1.807) is 13.8 Å². The first-order valence-electron chi connectivity index (χ1n) is 3.40. The maximum absolute atomic E-state index is 11.1. The number of nitrogens with zero attached hydrogens (tertiary/aromatic N) is 1. The molecule has 0 spiro atoms. The van der Waals surface area contributed by atoms with Crippen LogP contribution in [0.3, 0.4) is 0 Å². The van der Waals surface area contributed by atoms with Crippen molar-refractivity contribution in [3.05, 3.63) is 11.8 Å². The molecule has 0 aromatic carbocycles.